The Morgan fingerprint density at radius 2 is 2.06 bits per heavy atom. The number of oxime groups is 1. The summed E-state index contributed by atoms with van der Waals surface area (Å²) in [5.41, 5.74) is 1.03. The monoisotopic (exact) mass is 430 g/mol. The van der Waals surface area contributed by atoms with Crippen LogP contribution in [-0.2, 0) is 29.0 Å². The molecule has 0 bridgehead atoms. The molecule has 0 spiro atoms. The van der Waals surface area contributed by atoms with E-state index in [-0.39, 0.29) is 6.61 Å². The van der Waals surface area contributed by atoms with E-state index in [0.717, 1.165) is 17.6 Å². The Morgan fingerprint density at radius 3 is 2.77 bits per heavy atom. The Kier molecular flexibility index (Phi) is 6.50. The van der Waals surface area contributed by atoms with Crippen LogP contribution in [0.25, 0.3) is 10.9 Å². The van der Waals surface area contributed by atoms with Crippen LogP contribution in [0.15, 0.2) is 53.8 Å². The molecule has 1 heterocycles. The largest absolute Gasteiger partial charge is 0.489 e. The first-order chi connectivity index (χ1) is 14.8. The fourth-order valence-electron chi connectivity index (χ4n) is 2.92. The number of fused-ring (bicyclic) bond motifs is 1. The minimum atomic E-state index is -4.42. The number of nitrogens with zero attached hydrogens (tertiary/aromatic N) is 2. The van der Waals surface area contributed by atoms with Gasteiger partial charge in [-0.3, -0.25) is 0 Å². The number of carboxylic acid groups (broad SMARTS) is 1. The van der Waals surface area contributed by atoms with Crippen molar-refractivity contribution < 1.29 is 32.6 Å². The second-order valence-electron chi connectivity index (χ2n) is 6.48. The third-order valence-electron chi connectivity index (χ3n) is 4.26. The summed E-state index contributed by atoms with van der Waals surface area (Å²) in [4.78, 5) is 15.2. The molecule has 0 saturated heterocycles. The summed E-state index contributed by atoms with van der Waals surface area (Å²) in [5, 5.41) is 13.0. The number of carboxylic acids is 1. The van der Waals surface area contributed by atoms with Crippen molar-refractivity contribution in [1.82, 2.24) is 4.57 Å². The van der Waals surface area contributed by atoms with E-state index in [9.17, 15) is 18.0 Å². The highest BCUT2D eigenvalue weighted by atomic mass is 19.4. The van der Waals surface area contributed by atoms with Crippen molar-refractivity contribution in [3.05, 3.63) is 65.4 Å². The van der Waals surface area contributed by atoms with Crippen molar-refractivity contribution >= 4 is 23.1 Å². The Balaban J connectivity index is 1.83. The molecule has 9 heteroatoms. The Labute approximate surface area is 175 Å². The Bertz CT molecular complexity index is 1160. The zero-order valence-electron chi connectivity index (χ0n) is 16.1. The molecule has 0 aliphatic heterocycles. The average Bonchev–Trinajstić information content (AvgIpc) is 3.06. The van der Waals surface area contributed by atoms with Crippen LogP contribution in [0.2, 0.25) is 0 Å². The first-order valence-electron chi connectivity index (χ1n) is 9.00. The number of carbonyl (C=O) groups is 1. The van der Waals surface area contributed by atoms with Gasteiger partial charge in [-0.25, -0.2) is 4.79 Å². The molecular weight excluding hydrogens is 413 g/mol. The van der Waals surface area contributed by atoms with Crippen molar-refractivity contribution in [2.24, 2.45) is 5.16 Å². The Morgan fingerprint density at radius 1 is 1.26 bits per heavy atom. The van der Waals surface area contributed by atoms with Gasteiger partial charge in [0.2, 0.25) is 6.61 Å². The van der Waals surface area contributed by atoms with Gasteiger partial charge in [0.15, 0.2) is 0 Å². The van der Waals surface area contributed by atoms with Gasteiger partial charge in [-0.1, -0.05) is 23.2 Å². The van der Waals surface area contributed by atoms with E-state index in [1.54, 1.807) is 35.0 Å². The number of benzene rings is 2. The molecule has 0 fully saturated rings. The molecule has 1 aromatic heterocycles. The normalized spacial score (nSPS) is 11.5. The number of rotatable bonds is 8. The quantitative estimate of drug-likeness (QED) is 0.328. The van der Waals surface area contributed by atoms with Crippen molar-refractivity contribution in [3.8, 4) is 18.1 Å². The van der Waals surface area contributed by atoms with Gasteiger partial charge in [-0.15, -0.1) is 6.42 Å². The van der Waals surface area contributed by atoms with Crippen molar-refractivity contribution in [2.75, 3.05) is 6.61 Å². The molecule has 0 unspecified atom stereocenters. The molecule has 160 valence electrons. The van der Waals surface area contributed by atoms with E-state index in [2.05, 4.69) is 15.9 Å². The number of terminal acetylenes is 1. The summed E-state index contributed by atoms with van der Waals surface area (Å²) in [5.74, 6) is 1.82. The van der Waals surface area contributed by atoms with Crippen LogP contribution < -0.4 is 4.74 Å². The molecule has 2 aromatic carbocycles. The molecule has 3 rings (SSSR count). The minimum absolute atomic E-state index is 0.0500. The zero-order valence-corrected chi connectivity index (χ0v) is 16.1. The fourth-order valence-corrected chi connectivity index (χ4v) is 2.92. The lowest BCUT2D eigenvalue weighted by molar-refractivity contribution is -0.142. The van der Waals surface area contributed by atoms with E-state index in [1.807, 2.05) is 0 Å². The highest BCUT2D eigenvalue weighted by molar-refractivity contribution is 6.00. The van der Waals surface area contributed by atoms with Crippen molar-refractivity contribution in [3.63, 3.8) is 0 Å². The lowest BCUT2D eigenvalue weighted by Crippen LogP contribution is -2.06. The van der Waals surface area contributed by atoms with Gasteiger partial charge < -0.3 is 19.2 Å². The molecule has 1 N–H and O–H groups in total. The number of halogens is 3. The van der Waals surface area contributed by atoms with Crippen molar-refractivity contribution in [2.45, 2.75) is 19.3 Å². The van der Waals surface area contributed by atoms with Crippen molar-refractivity contribution in [1.29, 1.82) is 0 Å². The molecule has 0 radical (unpaired) electrons. The third kappa shape index (κ3) is 5.57. The maximum Gasteiger partial charge on any atom is 0.416 e. The predicted octanol–water partition coefficient (Wildman–Crippen LogP) is 4.31. The van der Waals surface area contributed by atoms with Crippen LogP contribution >= 0.6 is 0 Å². The fraction of sp³-hybridized carbons (Fsp3) is 0.182. The number of aliphatic carboxylic acids is 1. The number of hydrogen-bond donors (Lipinski definition) is 1. The SMILES string of the molecule is C#CCn1cc(/C=N/OCC(=O)O)c2cc(OCc3cccc(C(F)(F)F)c3)ccc21. The minimum Gasteiger partial charge on any atom is -0.489 e. The van der Waals surface area contributed by atoms with E-state index < -0.39 is 24.3 Å². The maximum atomic E-state index is 12.9. The molecular formula is C22H17F3N2O4. The van der Waals surface area contributed by atoms with Gasteiger partial charge in [0.1, 0.15) is 12.4 Å². The third-order valence-corrected chi connectivity index (χ3v) is 4.26. The second kappa shape index (κ2) is 9.26. The van der Waals surface area contributed by atoms with Crippen LogP contribution in [-0.4, -0.2) is 28.5 Å². The molecule has 0 saturated carbocycles. The topological polar surface area (TPSA) is 73.1 Å². The number of ether oxygens (including phenoxy) is 1. The molecule has 31 heavy (non-hydrogen) atoms. The molecule has 0 aliphatic carbocycles. The smallest absolute Gasteiger partial charge is 0.416 e. The van der Waals surface area contributed by atoms with Crippen LogP contribution in [0.3, 0.4) is 0 Å². The number of alkyl halides is 3. The van der Waals surface area contributed by atoms with E-state index >= 15 is 0 Å². The molecule has 3 aromatic rings. The lowest BCUT2D eigenvalue weighted by atomic mass is 10.1. The molecule has 0 amide bonds. The zero-order chi connectivity index (χ0) is 22.4. The second-order valence-corrected chi connectivity index (χ2v) is 6.48. The van der Waals surface area contributed by atoms with Gasteiger partial charge in [0.25, 0.3) is 0 Å². The maximum absolute atomic E-state index is 12.9. The first kappa shape index (κ1) is 21.8. The van der Waals surface area contributed by atoms with E-state index in [1.165, 1.54) is 12.3 Å². The van der Waals surface area contributed by atoms with E-state index in [4.69, 9.17) is 16.3 Å². The van der Waals surface area contributed by atoms with Gasteiger partial charge in [-0.05, 0) is 35.9 Å². The first-order valence-corrected chi connectivity index (χ1v) is 9.00. The highest BCUT2D eigenvalue weighted by Crippen LogP contribution is 2.30. The molecule has 0 aliphatic rings. The average molecular weight is 430 g/mol. The molecule has 6 nitrogen and oxygen atoms in total. The van der Waals surface area contributed by atoms with Crippen LogP contribution in [0.1, 0.15) is 16.7 Å². The summed E-state index contributed by atoms with van der Waals surface area (Å²) >= 11 is 0. The predicted molar refractivity (Wildman–Crippen MR) is 108 cm³/mol. The number of aromatic nitrogens is 1. The standard InChI is InChI=1S/C22H17F3N2O4/c1-2-8-27-12-16(11-26-31-14-21(28)29)19-10-18(6-7-20(19)27)30-13-15-4-3-5-17(9-15)22(23,24)25/h1,3-7,9-12H,8,13-14H2,(H,28,29)/b26-11+. The van der Waals surface area contributed by atoms with Crippen LogP contribution in [0, 0.1) is 12.3 Å². The van der Waals surface area contributed by atoms with Crippen LogP contribution in [0.5, 0.6) is 5.75 Å². The van der Waals surface area contributed by atoms with Gasteiger partial charge >= 0.3 is 12.1 Å². The van der Waals surface area contributed by atoms with Gasteiger partial charge in [0, 0.05) is 22.7 Å². The summed E-state index contributed by atoms with van der Waals surface area (Å²) in [6, 6.07) is 10.1. The Hall–Kier alpha value is -3.93. The summed E-state index contributed by atoms with van der Waals surface area (Å²) in [7, 11) is 0. The summed E-state index contributed by atoms with van der Waals surface area (Å²) < 4.78 is 46.1. The highest BCUT2D eigenvalue weighted by Gasteiger charge is 2.30. The van der Waals surface area contributed by atoms with Crippen LogP contribution in [0.4, 0.5) is 13.2 Å². The molecule has 0 atom stereocenters. The van der Waals surface area contributed by atoms with Gasteiger partial charge in [0.05, 0.1) is 18.3 Å². The van der Waals surface area contributed by atoms with E-state index in [0.29, 0.717) is 28.8 Å². The summed E-state index contributed by atoms with van der Waals surface area (Å²) in [6.07, 6.45) is 4.06. The lowest BCUT2D eigenvalue weighted by Gasteiger charge is -2.10. The summed E-state index contributed by atoms with van der Waals surface area (Å²) in [6.45, 7) is -0.332. The number of hydrogen-bond acceptors (Lipinski definition) is 4. The van der Waals surface area contributed by atoms with Gasteiger partial charge in [-0.2, -0.15) is 13.2 Å².